The normalized spacial score (nSPS) is 16.5. The SMILES string of the molecule is O=C(CNCc1cc(Br)c2c(c1)OCO2)NC1CC1. The summed E-state index contributed by atoms with van der Waals surface area (Å²) >= 11 is 3.45. The van der Waals surface area contributed by atoms with E-state index in [1.165, 1.54) is 0 Å². The number of hydrogen-bond acceptors (Lipinski definition) is 4. The van der Waals surface area contributed by atoms with Crippen molar-refractivity contribution in [1.29, 1.82) is 0 Å². The van der Waals surface area contributed by atoms with E-state index in [-0.39, 0.29) is 12.7 Å². The van der Waals surface area contributed by atoms with Crippen LogP contribution in [0.3, 0.4) is 0 Å². The molecular formula is C13H15BrN2O3. The number of fused-ring (bicyclic) bond motifs is 1. The second kappa shape index (κ2) is 5.38. The molecule has 0 unspecified atom stereocenters. The Morgan fingerprint density at radius 2 is 2.21 bits per heavy atom. The number of benzene rings is 1. The molecule has 0 radical (unpaired) electrons. The van der Waals surface area contributed by atoms with E-state index in [9.17, 15) is 4.79 Å². The highest BCUT2D eigenvalue weighted by molar-refractivity contribution is 9.10. The fraction of sp³-hybridized carbons (Fsp3) is 0.462. The van der Waals surface area contributed by atoms with Crippen LogP contribution in [0.1, 0.15) is 18.4 Å². The van der Waals surface area contributed by atoms with Crippen molar-refractivity contribution >= 4 is 21.8 Å². The predicted octanol–water partition coefficient (Wildman–Crippen LogP) is 1.55. The standard InChI is InChI=1S/C13H15BrN2O3/c14-10-3-8(4-11-13(10)19-7-18-11)5-15-6-12(17)16-9-1-2-9/h3-4,9,15H,1-2,5-7H2,(H,16,17). The number of carbonyl (C=O) groups excluding carboxylic acids is 1. The third-order valence-corrected chi connectivity index (χ3v) is 3.63. The van der Waals surface area contributed by atoms with Crippen molar-refractivity contribution in [2.24, 2.45) is 0 Å². The first-order valence-electron chi connectivity index (χ1n) is 6.30. The van der Waals surface area contributed by atoms with Crippen LogP contribution in [0.5, 0.6) is 11.5 Å². The molecule has 102 valence electrons. The molecule has 0 saturated heterocycles. The zero-order valence-corrected chi connectivity index (χ0v) is 12.0. The Bertz CT molecular complexity index is 503. The molecule has 0 spiro atoms. The van der Waals surface area contributed by atoms with Gasteiger partial charge in [0, 0.05) is 12.6 Å². The zero-order chi connectivity index (χ0) is 13.2. The molecule has 1 saturated carbocycles. The van der Waals surface area contributed by atoms with Crippen LogP contribution in [-0.2, 0) is 11.3 Å². The Balaban J connectivity index is 1.52. The molecule has 1 aromatic carbocycles. The minimum Gasteiger partial charge on any atom is -0.454 e. The zero-order valence-electron chi connectivity index (χ0n) is 10.4. The maximum atomic E-state index is 11.5. The van der Waals surface area contributed by atoms with Crippen molar-refractivity contribution in [2.45, 2.75) is 25.4 Å². The van der Waals surface area contributed by atoms with E-state index in [1.54, 1.807) is 0 Å². The van der Waals surface area contributed by atoms with E-state index in [4.69, 9.17) is 9.47 Å². The molecule has 2 aliphatic rings. The van der Waals surface area contributed by atoms with Gasteiger partial charge in [0.25, 0.3) is 0 Å². The van der Waals surface area contributed by atoms with Crippen LogP contribution in [0.15, 0.2) is 16.6 Å². The Morgan fingerprint density at radius 1 is 1.37 bits per heavy atom. The number of ether oxygens (including phenoxy) is 2. The topological polar surface area (TPSA) is 59.6 Å². The smallest absolute Gasteiger partial charge is 0.234 e. The van der Waals surface area contributed by atoms with Gasteiger partial charge in [-0.05, 0) is 46.5 Å². The number of amides is 1. The maximum absolute atomic E-state index is 11.5. The maximum Gasteiger partial charge on any atom is 0.234 e. The number of nitrogens with one attached hydrogen (secondary N) is 2. The van der Waals surface area contributed by atoms with Crippen molar-refractivity contribution in [2.75, 3.05) is 13.3 Å². The van der Waals surface area contributed by atoms with Crippen LogP contribution in [0.4, 0.5) is 0 Å². The highest BCUT2D eigenvalue weighted by atomic mass is 79.9. The molecule has 1 fully saturated rings. The predicted molar refractivity (Wildman–Crippen MR) is 73.1 cm³/mol. The second-order valence-electron chi connectivity index (χ2n) is 4.76. The minimum absolute atomic E-state index is 0.0577. The first kappa shape index (κ1) is 12.7. The highest BCUT2D eigenvalue weighted by Crippen LogP contribution is 2.39. The third-order valence-electron chi connectivity index (χ3n) is 3.04. The van der Waals surface area contributed by atoms with Gasteiger partial charge in [-0.15, -0.1) is 0 Å². The summed E-state index contributed by atoms with van der Waals surface area (Å²) in [5.41, 5.74) is 1.05. The van der Waals surface area contributed by atoms with Gasteiger partial charge in [-0.2, -0.15) is 0 Å². The van der Waals surface area contributed by atoms with E-state index in [2.05, 4.69) is 26.6 Å². The second-order valence-corrected chi connectivity index (χ2v) is 5.61. The van der Waals surface area contributed by atoms with Crippen molar-refractivity contribution in [3.63, 3.8) is 0 Å². The van der Waals surface area contributed by atoms with Crippen molar-refractivity contribution < 1.29 is 14.3 Å². The summed E-state index contributed by atoms with van der Waals surface area (Å²) in [6, 6.07) is 4.31. The molecule has 19 heavy (non-hydrogen) atoms. The number of halogens is 1. The molecule has 1 heterocycles. The molecule has 1 aliphatic carbocycles. The van der Waals surface area contributed by atoms with E-state index in [0.29, 0.717) is 19.1 Å². The van der Waals surface area contributed by atoms with E-state index >= 15 is 0 Å². The molecular weight excluding hydrogens is 312 g/mol. The molecule has 0 aromatic heterocycles. The van der Waals surface area contributed by atoms with Crippen LogP contribution in [0.25, 0.3) is 0 Å². The Morgan fingerprint density at radius 3 is 3.00 bits per heavy atom. The van der Waals surface area contributed by atoms with E-state index in [0.717, 1.165) is 34.4 Å². The van der Waals surface area contributed by atoms with Crippen LogP contribution in [0.2, 0.25) is 0 Å². The summed E-state index contributed by atoms with van der Waals surface area (Å²) in [7, 11) is 0. The lowest BCUT2D eigenvalue weighted by atomic mass is 10.2. The van der Waals surface area contributed by atoms with E-state index < -0.39 is 0 Å². The lowest BCUT2D eigenvalue weighted by Gasteiger charge is -2.07. The molecule has 2 N–H and O–H groups in total. The van der Waals surface area contributed by atoms with Gasteiger partial charge in [0.2, 0.25) is 12.7 Å². The Hall–Kier alpha value is -1.27. The molecule has 1 amide bonds. The fourth-order valence-electron chi connectivity index (χ4n) is 1.95. The molecule has 6 heteroatoms. The van der Waals surface area contributed by atoms with Crippen LogP contribution >= 0.6 is 15.9 Å². The highest BCUT2D eigenvalue weighted by Gasteiger charge is 2.23. The average molecular weight is 327 g/mol. The van der Waals surface area contributed by atoms with Gasteiger partial charge in [0.15, 0.2) is 11.5 Å². The van der Waals surface area contributed by atoms with Crippen molar-refractivity contribution in [3.05, 3.63) is 22.2 Å². The number of carbonyl (C=O) groups is 1. The van der Waals surface area contributed by atoms with Crippen molar-refractivity contribution in [1.82, 2.24) is 10.6 Å². The summed E-state index contributed by atoms with van der Waals surface area (Å²) < 4.78 is 11.5. The first-order valence-corrected chi connectivity index (χ1v) is 7.10. The molecule has 0 bridgehead atoms. The summed E-state index contributed by atoms with van der Waals surface area (Å²) in [6.45, 7) is 1.21. The number of rotatable bonds is 5. The molecule has 1 aliphatic heterocycles. The first-order chi connectivity index (χ1) is 9.22. The molecule has 5 nitrogen and oxygen atoms in total. The molecule has 0 atom stereocenters. The van der Waals surface area contributed by atoms with Crippen LogP contribution in [-0.4, -0.2) is 25.3 Å². The van der Waals surface area contributed by atoms with Gasteiger partial charge >= 0.3 is 0 Å². The van der Waals surface area contributed by atoms with Gasteiger partial charge in [-0.1, -0.05) is 0 Å². The fourth-order valence-corrected chi connectivity index (χ4v) is 2.55. The third kappa shape index (κ3) is 3.19. The molecule has 1 aromatic rings. The number of hydrogen-bond donors (Lipinski definition) is 2. The van der Waals surface area contributed by atoms with Crippen molar-refractivity contribution in [3.8, 4) is 11.5 Å². The Kier molecular flexibility index (Phi) is 3.61. The summed E-state index contributed by atoms with van der Waals surface area (Å²) in [4.78, 5) is 11.5. The van der Waals surface area contributed by atoms with Gasteiger partial charge in [0.05, 0.1) is 11.0 Å². The molecule has 3 rings (SSSR count). The van der Waals surface area contributed by atoms with Gasteiger partial charge in [-0.25, -0.2) is 0 Å². The summed E-state index contributed by atoms with van der Waals surface area (Å²) in [6.07, 6.45) is 2.22. The lowest BCUT2D eigenvalue weighted by Crippen LogP contribution is -2.34. The Labute approximate surface area is 119 Å². The summed E-state index contributed by atoms with van der Waals surface area (Å²) in [5, 5.41) is 6.06. The van der Waals surface area contributed by atoms with Gasteiger partial charge < -0.3 is 20.1 Å². The monoisotopic (exact) mass is 326 g/mol. The summed E-state index contributed by atoms with van der Waals surface area (Å²) in [5.74, 6) is 1.55. The largest absolute Gasteiger partial charge is 0.454 e. The lowest BCUT2D eigenvalue weighted by molar-refractivity contribution is -0.120. The minimum atomic E-state index is 0.0577. The average Bonchev–Trinajstić information content (AvgIpc) is 3.04. The van der Waals surface area contributed by atoms with E-state index in [1.807, 2.05) is 12.1 Å². The van der Waals surface area contributed by atoms with Crippen LogP contribution < -0.4 is 20.1 Å². The quantitative estimate of drug-likeness (QED) is 0.861. The van der Waals surface area contributed by atoms with Crippen LogP contribution in [0, 0.1) is 0 Å². The van der Waals surface area contributed by atoms with Gasteiger partial charge in [0.1, 0.15) is 0 Å². The van der Waals surface area contributed by atoms with Gasteiger partial charge in [-0.3, -0.25) is 4.79 Å².